The summed E-state index contributed by atoms with van der Waals surface area (Å²) in [4.78, 5) is 39.5. The second kappa shape index (κ2) is 8.17. The molecule has 1 N–H and O–H groups in total. The molecule has 34 heavy (non-hydrogen) atoms. The van der Waals surface area contributed by atoms with E-state index in [2.05, 4.69) is 5.32 Å². The van der Waals surface area contributed by atoms with Gasteiger partial charge in [-0.1, -0.05) is 48.0 Å². The normalized spacial score (nSPS) is 12.7. The fraction of sp³-hybridized carbons (Fsp3) is 0.0400. The molecule has 0 saturated heterocycles. The largest absolute Gasteiger partial charge is 0.495 e. The molecule has 4 aromatic rings. The number of halogens is 1. The van der Waals surface area contributed by atoms with Gasteiger partial charge in [0.1, 0.15) is 11.4 Å². The van der Waals surface area contributed by atoms with E-state index in [1.807, 2.05) is 0 Å². The molecule has 1 heterocycles. The van der Waals surface area contributed by atoms with Crippen LogP contribution in [0.2, 0.25) is 5.02 Å². The highest BCUT2D eigenvalue weighted by Crippen LogP contribution is 2.44. The van der Waals surface area contributed by atoms with E-state index in [1.54, 1.807) is 66.7 Å². The Morgan fingerprint density at radius 2 is 1.65 bits per heavy atom. The second-order valence-corrected chi connectivity index (χ2v) is 7.93. The molecular formula is C25H16ClN3O5. The average molecular weight is 474 g/mol. The molecular weight excluding hydrogens is 458 g/mol. The third-order valence-corrected chi connectivity index (χ3v) is 5.99. The first kappa shape index (κ1) is 21.4. The molecule has 0 fully saturated rings. The van der Waals surface area contributed by atoms with Crippen molar-refractivity contribution in [3.63, 3.8) is 0 Å². The van der Waals surface area contributed by atoms with Crippen molar-refractivity contribution in [1.29, 1.82) is 0 Å². The summed E-state index contributed by atoms with van der Waals surface area (Å²) in [6, 6.07) is 19.5. The highest BCUT2D eigenvalue weighted by atomic mass is 35.5. The lowest BCUT2D eigenvalue weighted by Gasteiger charge is -2.28. The van der Waals surface area contributed by atoms with Gasteiger partial charge in [0.15, 0.2) is 0 Å². The first-order valence-corrected chi connectivity index (χ1v) is 10.6. The van der Waals surface area contributed by atoms with Crippen molar-refractivity contribution >= 4 is 56.9 Å². The minimum absolute atomic E-state index is 0.0486. The van der Waals surface area contributed by atoms with Crippen LogP contribution in [0.5, 0.6) is 5.75 Å². The van der Waals surface area contributed by atoms with Crippen LogP contribution >= 0.6 is 11.6 Å². The van der Waals surface area contributed by atoms with Gasteiger partial charge in [0.05, 0.1) is 34.0 Å². The zero-order valence-corrected chi connectivity index (χ0v) is 18.5. The van der Waals surface area contributed by atoms with E-state index in [0.29, 0.717) is 27.2 Å². The van der Waals surface area contributed by atoms with Crippen molar-refractivity contribution < 1.29 is 19.2 Å². The van der Waals surface area contributed by atoms with E-state index in [1.165, 1.54) is 13.2 Å². The maximum atomic E-state index is 13.6. The molecule has 0 aromatic heterocycles. The van der Waals surface area contributed by atoms with Crippen LogP contribution in [0.4, 0.5) is 22.7 Å². The molecule has 5 rings (SSSR count). The van der Waals surface area contributed by atoms with Crippen LogP contribution in [-0.2, 0) is 0 Å². The van der Waals surface area contributed by atoms with Gasteiger partial charge in [-0.05, 0) is 30.3 Å². The highest BCUT2D eigenvalue weighted by Gasteiger charge is 2.38. The zero-order chi connectivity index (χ0) is 24.0. The Labute approximate surface area is 198 Å². The highest BCUT2D eigenvalue weighted by molar-refractivity contribution is 6.37. The first-order valence-electron chi connectivity index (χ1n) is 10.2. The fourth-order valence-electron chi connectivity index (χ4n) is 4.16. The van der Waals surface area contributed by atoms with Crippen molar-refractivity contribution in [2.45, 2.75) is 0 Å². The van der Waals surface area contributed by atoms with Crippen LogP contribution < -0.4 is 15.0 Å². The van der Waals surface area contributed by atoms with Crippen molar-refractivity contribution in [1.82, 2.24) is 0 Å². The molecule has 0 unspecified atom stereocenters. The molecule has 1 aliphatic rings. The lowest BCUT2D eigenvalue weighted by Crippen LogP contribution is -2.40. The molecule has 168 valence electrons. The molecule has 0 aliphatic carbocycles. The van der Waals surface area contributed by atoms with E-state index in [4.69, 9.17) is 16.3 Å². The average Bonchev–Trinajstić information content (AvgIpc) is 2.84. The first-order chi connectivity index (χ1) is 16.4. The van der Waals surface area contributed by atoms with Gasteiger partial charge in [0.2, 0.25) is 0 Å². The Kier molecular flexibility index (Phi) is 5.14. The summed E-state index contributed by atoms with van der Waals surface area (Å²) in [6.07, 6.45) is 0. The number of hydrogen-bond donors (Lipinski definition) is 1. The molecule has 2 amide bonds. The molecule has 1 aliphatic heterocycles. The van der Waals surface area contributed by atoms with Crippen molar-refractivity contribution in [2.75, 3.05) is 17.3 Å². The number of carbonyl (C=O) groups excluding carboxylic acids is 2. The van der Waals surface area contributed by atoms with Crippen LogP contribution in [0.1, 0.15) is 20.7 Å². The zero-order valence-electron chi connectivity index (χ0n) is 17.7. The van der Waals surface area contributed by atoms with Gasteiger partial charge in [-0.15, -0.1) is 0 Å². The van der Waals surface area contributed by atoms with E-state index in [-0.39, 0.29) is 28.2 Å². The summed E-state index contributed by atoms with van der Waals surface area (Å²) < 4.78 is 5.34. The summed E-state index contributed by atoms with van der Waals surface area (Å²) >= 11 is 6.26. The van der Waals surface area contributed by atoms with Crippen LogP contribution in [0.25, 0.3) is 10.8 Å². The van der Waals surface area contributed by atoms with E-state index < -0.39 is 16.7 Å². The molecule has 0 atom stereocenters. The molecule has 0 spiro atoms. The third-order valence-electron chi connectivity index (χ3n) is 5.66. The number of methoxy groups -OCH3 is 1. The Bertz CT molecular complexity index is 1520. The number of hydrogen-bond acceptors (Lipinski definition) is 6. The number of rotatable bonds is 5. The number of amides is 2. The quantitative estimate of drug-likeness (QED) is 0.218. The summed E-state index contributed by atoms with van der Waals surface area (Å²) in [5, 5.41) is 16.2. The molecule has 0 radical (unpaired) electrons. The van der Waals surface area contributed by atoms with Gasteiger partial charge in [-0.25, -0.2) is 4.90 Å². The van der Waals surface area contributed by atoms with Crippen LogP contribution in [0.3, 0.4) is 0 Å². The number of benzene rings is 4. The molecule has 9 heteroatoms. The van der Waals surface area contributed by atoms with Crippen molar-refractivity contribution in [2.24, 2.45) is 0 Å². The van der Waals surface area contributed by atoms with Gasteiger partial charge in [-0.3, -0.25) is 19.7 Å². The number of nitro benzene ring substituents is 1. The minimum atomic E-state index is -0.675. The Morgan fingerprint density at radius 3 is 2.38 bits per heavy atom. The Morgan fingerprint density at radius 1 is 0.941 bits per heavy atom. The SMILES string of the molecule is COc1ccccc1N1C(=O)c2cccc3c(Nc4ccccc4Cl)c([N+](=O)[O-])cc(c23)C1=O. The summed E-state index contributed by atoms with van der Waals surface area (Å²) in [6.45, 7) is 0. The Hall–Kier alpha value is -4.43. The van der Waals surface area contributed by atoms with Gasteiger partial charge < -0.3 is 10.1 Å². The van der Waals surface area contributed by atoms with E-state index in [0.717, 1.165) is 4.90 Å². The predicted molar refractivity (Wildman–Crippen MR) is 129 cm³/mol. The topological polar surface area (TPSA) is 102 Å². The second-order valence-electron chi connectivity index (χ2n) is 7.53. The van der Waals surface area contributed by atoms with E-state index >= 15 is 0 Å². The smallest absolute Gasteiger partial charge is 0.294 e. The number of carbonyl (C=O) groups is 2. The monoisotopic (exact) mass is 473 g/mol. The van der Waals surface area contributed by atoms with Crippen molar-refractivity contribution in [3.8, 4) is 5.75 Å². The summed E-state index contributed by atoms with van der Waals surface area (Å²) in [7, 11) is 1.43. The van der Waals surface area contributed by atoms with Gasteiger partial charge in [-0.2, -0.15) is 0 Å². The van der Waals surface area contributed by atoms with Crippen LogP contribution in [0.15, 0.2) is 72.8 Å². The molecule has 0 saturated carbocycles. The number of ether oxygens (including phenoxy) is 1. The molecule has 8 nitrogen and oxygen atoms in total. The number of nitro groups is 1. The maximum absolute atomic E-state index is 13.6. The standard InChI is InChI=1S/C25H16ClN3O5/c1-34-21-12-5-4-11-19(21)28-24(30)15-8-6-7-14-22(15)16(25(28)31)13-20(29(32)33)23(14)27-18-10-3-2-9-17(18)26/h2-13,27H,1H3. The lowest BCUT2D eigenvalue weighted by atomic mass is 9.91. The number of nitrogens with one attached hydrogen (secondary N) is 1. The number of nitrogens with zero attached hydrogens (tertiary/aromatic N) is 2. The number of imide groups is 1. The maximum Gasteiger partial charge on any atom is 0.294 e. The van der Waals surface area contributed by atoms with Crippen molar-refractivity contribution in [3.05, 3.63) is 99.1 Å². The Balaban J connectivity index is 1.77. The van der Waals surface area contributed by atoms with Gasteiger partial charge in [0, 0.05) is 22.4 Å². The van der Waals surface area contributed by atoms with Crippen LogP contribution in [-0.4, -0.2) is 23.8 Å². The third kappa shape index (κ3) is 3.23. The fourth-order valence-corrected chi connectivity index (χ4v) is 4.34. The number of anilines is 3. The molecule has 0 bridgehead atoms. The minimum Gasteiger partial charge on any atom is -0.495 e. The lowest BCUT2D eigenvalue weighted by molar-refractivity contribution is -0.383. The van der Waals surface area contributed by atoms with Gasteiger partial charge >= 0.3 is 0 Å². The van der Waals surface area contributed by atoms with E-state index in [9.17, 15) is 19.7 Å². The predicted octanol–water partition coefficient (Wildman–Crippen LogP) is 5.95. The summed E-state index contributed by atoms with van der Waals surface area (Å²) in [5.41, 5.74) is 0.829. The van der Waals surface area contributed by atoms with Crippen LogP contribution in [0, 0.1) is 10.1 Å². The molecule has 4 aromatic carbocycles. The number of para-hydroxylation sites is 3. The summed E-state index contributed by atoms with van der Waals surface area (Å²) in [5.74, 6) is -0.901. The van der Waals surface area contributed by atoms with Gasteiger partial charge in [0.25, 0.3) is 17.5 Å².